The van der Waals surface area contributed by atoms with Gasteiger partial charge in [0.2, 0.25) is 0 Å². The Hall–Kier alpha value is -2.07. The highest BCUT2D eigenvalue weighted by Gasteiger charge is 2.28. The van der Waals surface area contributed by atoms with Crippen LogP contribution in [0.15, 0.2) is 42.6 Å². The predicted molar refractivity (Wildman–Crippen MR) is 78.5 cm³/mol. The first-order valence-electron chi connectivity index (χ1n) is 6.81. The highest BCUT2D eigenvalue weighted by Crippen LogP contribution is 2.21. The number of carbonyl (C=O) groups is 1. The van der Waals surface area contributed by atoms with Gasteiger partial charge < -0.3 is 9.72 Å². The Balaban J connectivity index is 1.87. The molecule has 0 spiro atoms. The van der Waals surface area contributed by atoms with Crippen LogP contribution >= 0.6 is 0 Å². The molecule has 0 radical (unpaired) electrons. The van der Waals surface area contributed by atoms with Crippen LogP contribution in [0.4, 0.5) is 0 Å². The van der Waals surface area contributed by atoms with E-state index < -0.39 is 0 Å². The Morgan fingerprint density at radius 2 is 2.10 bits per heavy atom. The van der Waals surface area contributed by atoms with E-state index in [2.05, 4.69) is 28.1 Å². The number of H-pyrrole nitrogens is 1. The zero-order valence-electron chi connectivity index (χ0n) is 11.5. The van der Waals surface area contributed by atoms with Crippen molar-refractivity contribution in [2.24, 2.45) is 0 Å². The first kappa shape index (κ1) is 12.9. The van der Waals surface area contributed by atoms with E-state index >= 15 is 0 Å². The smallest absolute Gasteiger partial charge is 0.323 e. The summed E-state index contributed by atoms with van der Waals surface area (Å²) in [5.74, 6) is -0.168. The van der Waals surface area contributed by atoms with E-state index in [0.717, 1.165) is 24.2 Å². The number of hydrogen-bond acceptors (Lipinski definition) is 3. The van der Waals surface area contributed by atoms with E-state index in [1.807, 2.05) is 24.4 Å². The topological polar surface area (TPSA) is 45.3 Å². The lowest BCUT2D eigenvalue weighted by Gasteiger charge is -2.24. The van der Waals surface area contributed by atoms with Gasteiger partial charge in [0.25, 0.3) is 0 Å². The number of fused-ring (bicyclic) bond motifs is 1. The maximum atomic E-state index is 12.1. The van der Waals surface area contributed by atoms with Gasteiger partial charge in [-0.25, -0.2) is 0 Å². The fraction of sp³-hybridized carbons (Fsp3) is 0.312. The van der Waals surface area contributed by atoms with Crippen LogP contribution in [-0.4, -0.2) is 42.1 Å². The maximum Gasteiger partial charge on any atom is 0.323 e. The van der Waals surface area contributed by atoms with Gasteiger partial charge in [0, 0.05) is 36.6 Å². The molecule has 20 heavy (non-hydrogen) atoms. The molecular formula is C16H18N2O2. The molecule has 1 aromatic carbocycles. The summed E-state index contributed by atoms with van der Waals surface area (Å²) in [5.41, 5.74) is 2.26. The fourth-order valence-corrected chi connectivity index (χ4v) is 2.76. The zero-order valence-corrected chi connectivity index (χ0v) is 11.5. The normalized spacial score (nSPS) is 16.6. The molecule has 1 unspecified atom stereocenters. The van der Waals surface area contributed by atoms with Gasteiger partial charge in [0.1, 0.15) is 6.04 Å². The summed E-state index contributed by atoms with van der Waals surface area (Å²) >= 11 is 0. The molecule has 0 saturated heterocycles. The molecule has 0 saturated carbocycles. The Kier molecular flexibility index (Phi) is 3.56. The van der Waals surface area contributed by atoms with Crippen molar-refractivity contribution < 1.29 is 9.53 Å². The highest BCUT2D eigenvalue weighted by atomic mass is 16.5. The monoisotopic (exact) mass is 270 g/mol. The van der Waals surface area contributed by atoms with Crippen LogP contribution in [0, 0.1) is 0 Å². The first-order chi connectivity index (χ1) is 9.79. The number of benzene rings is 1. The van der Waals surface area contributed by atoms with Crippen molar-refractivity contribution in [2.45, 2.75) is 12.5 Å². The van der Waals surface area contributed by atoms with Crippen molar-refractivity contribution in [1.29, 1.82) is 0 Å². The van der Waals surface area contributed by atoms with Crippen LogP contribution < -0.4 is 0 Å². The van der Waals surface area contributed by atoms with Gasteiger partial charge in [0.05, 0.1) is 7.11 Å². The number of hydrogen-bond donors (Lipinski definition) is 1. The molecule has 1 N–H and O–H groups in total. The van der Waals surface area contributed by atoms with E-state index in [-0.39, 0.29) is 12.0 Å². The molecule has 1 atom stereocenters. The van der Waals surface area contributed by atoms with Crippen molar-refractivity contribution >= 4 is 16.9 Å². The molecular weight excluding hydrogens is 252 g/mol. The highest BCUT2D eigenvalue weighted by molar-refractivity contribution is 5.84. The standard InChI is InChI=1S/C16H18N2O2/c1-20-16(19)15(18-8-4-5-9-18)10-12-11-17-14-7-3-2-6-13(12)14/h2-7,11,15,17H,8-10H2,1H3. The number of nitrogens with one attached hydrogen (secondary N) is 1. The Morgan fingerprint density at radius 3 is 2.85 bits per heavy atom. The van der Waals surface area contributed by atoms with Crippen molar-refractivity contribution in [3.8, 4) is 0 Å². The average Bonchev–Trinajstić information content (AvgIpc) is 3.13. The molecule has 4 heteroatoms. The van der Waals surface area contributed by atoms with Gasteiger partial charge in [-0.05, 0) is 11.6 Å². The minimum atomic E-state index is -0.228. The average molecular weight is 270 g/mol. The number of esters is 1. The Morgan fingerprint density at radius 1 is 1.35 bits per heavy atom. The van der Waals surface area contributed by atoms with Crippen LogP contribution in [0.3, 0.4) is 0 Å². The minimum Gasteiger partial charge on any atom is -0.468 e. The molecule has 2 aromatic rings. The quantitative estimate of drug-likeness (QED) is 0.684. The summed E-state index contributed by atoms with van der Waals surface area (Å²) in [6.07, 6.45) is 6.83. The van der Waals surface area contributed by atoms with Crippen LogP contribution in [0.1, 0.15) is 5.56 Å². The van der Waals surface area contributed by atoms with Gasteiger partial charge in [-0.2, -0.15) is 0 Å². The summed E-state index contributed by atoms with van der Waals surface area (Å²) in [4.78, 5) is 17.4. The van der Waals surface area contributed by atoms with Crippen molar-refractivity contribution in [1.82, 2.24) is 9.88 Å². The van der Waals surface area contributed by atoms with E-state index in [0.29, 0.717) is 6.42 Å². The van der Waals surface area contributed by atoms with Gasteiger partial charge in [-0.15, -0.1) is 0 Å². The van der Waals surface area contributed by atoms with E-state index in [9.17, 15) is 4.79 Å². The van der Waals surface area contributed by atoms with Gasteiger partial charge in [-0.1, -0.05) is 30.4 Å². The van der Waals surface area contributed by atoms with Crippen LogP contribution in [0.2, 0.25) is 0 Å². The first-order valence-corrected chi connectivity index (χ1v) is 6.81. The summed E-state index contributed by atoms with van der Waals surface area (Å²) in [5, 5.41) is 1.17. The summed E-state index contributed by atoms with van der Waals surface area (Å²) < 4.78 is 4.97. The molecule has 3 rings (SSSR count). The van der Waals surface area contributed by atoms with Gasteiger partial charge in [-0.3, -0.25) is 9.69 Å². The van der Waals surface area contributed by atoms with Gasteiger partial charge >= 0.3 is 5.97 Å². The molecule has 0 aliphatic carbocycles. The van der Waals surface area contributed by atoms with Crippen molar-refractivity contribution in [3.05, 3.63) is 48.2 Å². The number of para-hydroxylation sites is 1. The van der Waals surface area contributed by atoms with Gasteiger partial charge in [0.15, 0.2) is 0 Å². The fourth-order valence-electron chi connectivity index (χ4n) is 2.76. The molecule has 0 fully saturated rings. The molecule has 104 valence electrons. The summed E-state index contributed by atoms with van der Waals surface area (Å²) in [6, 6.07) is 7.92. The van der Waals surface area contributed by atoms with Crippen molar-refractivity contribution in [2.75, 3.05) is 20.2 Å². The summed E-state index contributed by atoms with van der Waals surface area (Å²) in [6.45, 7) is 1.62. The third-order valence-electron chi connectivity index (χ3n) is 3.85. The number of carbonyl (C=O) groups excluding carboxylic acids is 1. The third-order valence-corrected chi connectivity index (χ3v) is 3.85. The number of aromatic nitrogens is 1. The number of aromatic amines is 1. The molecule has 2 heterocycles. The van der Waals surface area contributed by atoms with Crippen LogP contribution in [-0.2, 0) is 16.0 Å². The van der Waals surface area contributed by atoms with Crippen LogP contribution in [0.25, 0.3) is 10.9 Å². The lowest BCUT2D eigenvalue weighted by atomic mass is 10.0. The third kappa shape index (κ3) is 2.34. The number of methoxy groups -OCH3 is 1. The molecule has 0 bridgehead atoms. The predicted octanol–water partition coefficient (Wildman–Crippen LogP) is 2.12. The lowest BCUT2D eigenvalue weighted by molar-refractivity contribution is -0.146. The second-order valence-electron chi connectivity index (χ2n) is 5.03. The van der Waals surface area contributed by atoms with Crippen LogP contribution in [0.5, 0.6) is 0 Å². The van der Waals surface area contributed by atoms with E-state index in [1.54, 1.807) is 0 Å². The molecule has 1 aliphatic rings. The lowest BCUT2D eigenvalue weighted by Crippen LogP contribution is -2.42. The largest absolute Gasteiger partial charge is 0.468 e. The Bertz CT molecular complexity index is 637. The molecule has 0 amide bonds. The SMILES string of the molecule is COC(=O)C(Cc1c[nH]c2ccccc12)N1CC=CC1. The summed E-state index contributed by atoms with van der Waals surface area (Å²) in [7, 11) is 1.45. The molecule has 1 aromatic heterocycles. The number of ether oxygens (including phenoxy) is 1. The minimum absolute atomic E-state index is 0.168. The zero-order chi connectivity index (χ0) is 13.9. The maximum absolute atomic E-state index is 12.1. The second kappa shape index (κ2) is 5.51. The second-order valence-corrected chi connectivity index (χ2v) is 5.03. The van der Waals surface area contributed by atoms with E-state index in [4.69, 9.17) is 4.74 Å². The molecule has 1 aliphatic heterocycles. The Labute approximate surface area is 118 Å². The molecule has 4 nitrogen and oxygen atoms in total. The van der Waals surface area contributed by atoms with E-state index in [1.165, 1.54) is 12.5 Å². The number of nitrogens with zero attached hydrogens (tertiary/aromatic N) is 1. The van der Waals surface area contributed by atoms with Crippen molar-refractivity contribution in [3.63, 3.8) is 0 Å². The number of rotatable bonds is 4.